The van der Waals surface area contributed by atoms with E-state index in [-0.39, 0.29) is 23.2 Å². The molecule has 0 aliphatic heterocycles. The Hall–Kier alpha value is -3.23. The fourth-order valence-corrected chi connectivity index (χ4v) is 4.30. The quantitative estimate of drug-likeness (QED) is 0.504. The molecule has 0 atom stereocenters. The Kier molecular flexibility index (Phi) is 6.23. The zero-order chi connectivity index (χ0) is 23.8. The van der Waals surface area contributed by atoms with Gasteiger partial charge in [-0.15, -0.1) is 0 Å². The van der Waals surface area contributed by atoms with Gasteiger partial charge in [0.25, 0.3) is 5.91 Å². The van der Waals surface area contributed by atoms with Crippen molar-refractivity contribution >= 4 is 22.5 Å². The third-order valence-corrected chi connectivity index (χ3v) is 6.13. The van der Waals surface area contributed by atoms with E-state index in [2.05, 4.69) is 10.3 Å². The molecule has 4 rings (SSSR count). The van der Waals surface area contributed by atoms with Crippen molar-refractivity contribution in [3.8, 4) is 0 Å². The molecule has 1 aliphatic rings. The molecule has 1 aliphatic carbocycles. The molecular formula is C24H22F5N3O. The molecule has 0 radical (unpaired) electrons. The van der Waals surface area contributed by atoms with E-state index < -0.39 is 29.4 Å². The number of fused-ring (bicyclic) bond motifs is 1. The van der Waals surface area contributed by atoms with Crippen LogP contribution in [0.15, 0.2) is 48.5 Å². The third kappa shape index (κ3) is 4.91. The minimum Gasteiger partial charge on any atom is -0.371 e. The molecule has 33 heavy (non-hydrogen) atoms. The van der Waals surface area contributed by atoms with Crippen molar-refractivity contribution in [1.82, 2.24) is 10.3 Å². The maximum atomic E-state index is 13.4. The van der Waals surface area contributed by atoms with Gasteiger partial charge in [-0.05, 0) is 56.0 Å². The summed E-state index contributed by atoms with van der Waals surface area (Å²) in [6, 6.07) is 10.6. The number of para-hydroxylation sites is 1. The number of nitrogens with zero attached hydrogens (tertiary/aromatic N) is 2. The van der Waals surface area contributed by atoms with E-state index in [1.165, 1.54) is 6.07 Å². The Balaban J connectivity index is 1.46. The smallest absolute Gasteiger partial charge is 0.371 e. The lowest BCUT2D eigenvalue weighted by Crippen LogP contribution is -2.43. The van der Waals surface area contributed by atoms with Gasteiger partial charge in [0.05, 0.1) is 5.52 Å². The van der Waals surface area contributed by atoms with E-state index in [0.29, 0.717) is 36.8 Å². The van der Waals surface area contributed by atoms with Gasteiger partial charge in [0.1, 0.15) is 5.69 Å². The maximum absolute atomic E-state index is 13.4. The predicted octanol–water partition coefficient (Wildman–Crippen LogP) is 5.71. The molecule has 1 amide bonds. The molecule has 0 bridgehead atoms. The summed E-state index contributed by atoms with van der Waals surface area (Å²) >= 11 is 0. The monoisotopic (exact) mass is 463 g/mol. The highest BCUT2D eigenvalue weighted by atomic mass is 19.4. The van der Waals surface area contributed by atoms with Gasteiger partial charge in [-0.2, -0.15) is 13.2 Å². The number of halogens is 5. The summed E-state index contributed by atoms with van der Waals surface area (Å²) in [7, 11) is 1.77. The zero-order valence-corrected chi connectivity index (χ0v) is 17.8. The van der Waals surface area contributed by atoms with Crippen LogP contribution in [0.4, 0.5) is 27.6 Å². The molecule has 9 heteroatoms. The Bertz CT molecular complexity index is 1170. The molecule has 1 N–H and O–H groups in total. The first-order valence-electron chi connectivity index (χ1n) is 10.6. The van der Waals surface area contributed by atoms with Crippen LogP contribution in [-0.4, -0.2) is 30.0 Å². The highest BCUT2D eigenvalue weighted by Crippen LogP contribution is 2.36. The molecule has 3 aromatic rings. The Labute approximate surface area is 187 Å². The number of amides is 1. The molecular weight excluding hydrogens is 441 g/mol. The molecule has 174 valence electrons. The fraction of sp³-hybridized carbons (Fsp3) is 0.333. The van der Waals surface area contributed by atoms with Crippen LogP contribution in [0.1, 0.15) is 41.7 Å². The van der Waals surface area contributed by atoms with Crippen LogP contribution in [0.2, 0.25) is 0 Å². The van der Waals surface area contributed by atoms with Gasteiger partial charge >= 0.3 is 6.18 Å². The van der Waals surface area contributed by atoms with Crippen LogP contribution in [0, 0.1) is 11.6 Å². The van der Waals surface area contributed by atoms with Crippen LogP contribution in [0.5, 0.6) is 0 Å². The number of hydrogen-bond donors (Lipinski definition) is 1. The van der Waals surface area contributed by atoms with Crippen molar-refractivity contribution < 1.29 is 26.7 Å². The maximum Gasteiger partial charge on any atom is 0.433 e. The fourth-order valence-electron chi connectivity index (χ4n) is 4.30. The van der Waals surface area contributed by atoms with Crippen molar-refractivity contribution in [2.24, 2.45) is 0 Å². The van der Waals surface area contributed by atoms with E-state index in [1.807, 2.05) is 4.90 Å². The van der Waals surface area contributed by atoms with Gasteiger partial charge in [-0.3, -0.25) is 4.79 Å². The second-order valence-corrected chi connectivity index (χ2v) is 8.26. The molecule has 1 fully saturated rings. The number of rotatable bonds is 4. The molecule has 4 nitrogen and oxygen atoms in total. The number of nitrogens with one attached hydrogen (secondary N) is 1. The average molecular weight is 463 g/mol. The number of anilines is 1. The number of carbonyl (C=O) groups is 1. The van der Waals surface area contributed by atoms with Crippen molar-refractivity contribution in [3.05, 3.63) is 71.4 Å². The molecule has 1 aromatic heterocycles. The number of carbonyl (C=O) groups excluding carboxylic acids is 1. The van der Waals surface area contributed by atoms with Crippen molar-refractivity contribution in [2.45, 2.75) is 43.9 Å². The summed E-state index contributed by atoms with van der Waals surface area (Å²) in [5.74, 6) is -2.59. The van der Waals surface area contributed by atoms with E-state index >= 15 is 0 Å². The van der Waals surface area contributed by atoms with E-state index in [4.69, 9.17) is 0 Å². The van der Waals surface area contributed by atoms with Gasteiger partial charge in [0.15, 0.2) is 11.6 Å². The first-order valence-corrected chi connectivity index (χ1v) is 10.6. The lowest BCUT2D eigenvalue weighted by atomic mass is 9.89. The average Bonchev–Trinajstić information content (AvgIpc) is 2.79. The normalized spacial score (nSPS) is 18.8. The van der Waals surface area contributed by atoms with E-state index in [9.17, 15) is 26.7 Å². The Morgan fingerprint density at radius 2 is 1.70 bits per heavy atom. The van der Waals surface area contributed by atoms with Crippen LogP contribution < -0.4 is 10.2 Å². The zero-order valence-electron chi connectivity index (χ0n) is 17.8. The number of alkyl halides is 3. The largest absolute Gasteiger partial charge is 0.433 e. The first kappa shape index (κ1) is 22.9. The van der Waals surface area contributed by atoms with Crippen molar-refractivity contribution in [3.63, 3.8) is 0 Å². The lowest BCUT2D eigenvalue weighted by Gasteiger charge is -2.37. The standard InChI is InChI=1S/C24H22F5N3O/c1-32(21-13-22(24(27,28)29)31-20-5-3-2-4-17(20)21)16-9-7-15(8-10-16)30-23(33)14-6-11-18(25)19(26)12-14/h2-6,11-13,15-16H,7-10H2,1H3,(H,30,33)/t15-,16+. The second-order valence-electron chi connectivity index (χ2n) is 8.26. The van der Waals surface area contributed by atoms with Crippen LogP contribution in [0.3, 0.4) is 0 Å². The summed E-state index contributed by atoms with van der Waals surface area (Å²) in [6.45, 7) is 0. The molecule has 0 spiro atoms. The van der Waals surface area contributed by atoms with Crippen molar-refractivity contribution in [2.75, 3.05) is 11.9 Å². The molecule has 1 heterocycles. The minimum atomic E-state index is -4.55. The van der Waals surface area contributed by atoms with E-state index in [0.717, 1.165) is 18.2 Å². The number of benzene rings is 2. The molecule has 0 unspecified atom stereocenters. The van der Waals surface area contributed by atoms with Gasteiger partial charge in [-0.25, -0.2) is 13.8 Å². The molecule has 0 saturated heterocycles. The van der Waals surface area contributed by atoms with Gasteiger partial charge < -0.3 is 10.2 Å². The number of hydrogen-bond acceptors (Lipinski definition) is 3. The number of pyridine rings is 1. The first-order chi connectivity index (χ1) is 15.6. The van der Waals surface area contributed by atoms with Crippen LogP contribution in [0.25, 0.3) is 10.9 Å². The van der Waals surface area contributed by atoms with E-state index in [1.54, 1.807) is 31.3 Å². The Morgan fingerprint density at radius 1 is 1.00 bits per heavy atom. The lowest BCUT2D eigenvalue weighted by molar-refractivity contribution is -0.140. The summed E-state index contributed by atoms with van der Waals surface area (Å²) in [5.41, 5.74) is -0.157. The highest BCUT2D eigenvalue weighted by molar-refractivity contribution is 5.94. The summed E-state index contributed by atoms with van der Waals surface area (Å²) in [4.78, 5) is 18.0. The van der Waals surface area contributed by atoms with Crippen LogP contribution >= 0.6 is 0 Å². The van der Waals surface area contributed by atoms with Crippen molar-refractivity contribution in [1.29, 1.82) is 0 Å². The Morgan fingerprint density at radius 3 is 2.36 bits per heavy atom. The van der Waals surface area contributed by atoms with Gasteiger partial charge in [0, 0.05) is 35.8 Å². The number of aromatic nitrogens is 1. The minimum absolute atomic E-state index is 0.0201. The summed E-state index contributed by atoms with van der Waals surface area (Å²) < 4.78 is 66.7. The SMILES string of the molecule is CN(c1cc(C(F)(F)F)nc2ccccc12)[C@H]1CC[C@@H](NC(=O)c2ccc(F)c(F)c2)CC1. The van der Waals surface area contributed by atoms with Gasteiger partial charge in [0.2, 0.25) is 0 Å². The van der Waals surface area contributed by atoms with Gasteiger partial charge in [-0.1, -0.05) is 18.2 Å². The molecule has 1 saturated carbocycles. The second kappa shape index (κ2) is 8.96. The predicted molar refractivity (Wildman–Crippen MR) is 115 cm³/mol. The summed E-state index contributed by atoms with van der Waals surface area (Å²) in [6.07, 6.45) is -2.03. The topological polar surface area (TPSA) is 45.2 Å². The molecule has 2 aromatic carbocycles. The third-order valence-electron chi connectivity index (χ3n) is 6.13. The highest BCUT2D eigenvalue weighted by Gasteiger charge is 2.34. The van der Waals surface area contributed by atoms with Crippen LogP contribution in [-0.2, 0) is 6.18 Å². The summed E-state index contributed by atoms with van der Waals surface area (Å²) in [5, 5.41) is 3.47.